The molecule has 5 nitrogen and oxygen atoms in total. The number of benzene rings is 1. The van der Waals surface area contributed by atoms with E-state index in [0.717, 1.165) is 61.8 Å². The second-order valence-corrected chi connectivity index (χ2v) is 8.73. The molecule has 0 spiro atoms. The van der Waals surface area contributed by atoms with Crippen molar-refractivity contribution in [1.82, 2.24) is 15.1 Å². The van der Waals surface area contributed by atoms with E-state index < -0.39 is 5.60 Å². The number of nitrogens with one attached hydrogen (secondary N) is 1. The molecule has 2 fully saturated rings. The minimum absolute atomic E-state index is 0.0615. The Balaban J connectivity index is 1.46. The lowest BCUT2D eigenvalue weighted by atomic mass is 9.66. The highest BCUT2D eigenvalue weighted by atomic mass is 16.3. The van der Waals surface area contributed by atoms with Crippen molar-refractivity contribution in [3.63, 3.8) is 0 Å². The van der Waals surface area contributed by atoms with Crippen molar-refractivity contribution in [2.45, 2.75) is 69.4 Å². The Hall–Kier alpha value is -2.14. The summed E-state index contributed by atoms with van der Waals surface area (Å²) in [6.07, 6.45) is 9.02. The molecule has 5 rings (SSSR count). The first-order chi connectivity index (χ1) is 13.7. The molecular formula is C23H29N3O2. The van der Waals surface area contributed by atoms with Crippen LogP contribution in [-0.2, 0) is 18.4 Å². The Bertz CT molecular complexity index is 862. The van der Waals surface area contributed by atoms with E-state index in [1.807, 2.05) is 35.2 Å². The lowest BCUT2D eigenvalue weighted by molar-refractivity contribution is -0.110. The maximum absolute atomic E-state index is 13.5. The van der Waals surface area contributed by atoms with Gasteiger partial charge in [-0.25, -0.2) is 0 Å². The van der Waals surface area contributed by atoms with Crippen LogP contribution in [0.3, 0.4) is 0 Å². The van der Waals surface area contributed by atoms with Gasteiger partial charge in [0.05, 0.1) is 5.60 Å². The molecule has 1 saturated carbocycles. The van der Waals surface area contributed by atoms with Crippen LogP contribution < -0.4 is 0 Å². The van der Waals surface area contributed by atoms with Gasteiger partial charge in [-0.15, -0.1) is 0 Å². The average molecular weight is 380 g/mol. The van der Waals surface area contributed by atoms with Crippen LogP contribution in [0.2, 0.25) is 0 Å². The predicted octanol–water partition coefficient (Wildman–Crippen LogP) is 3.58. The summed E-state index contributed by atoms with van der Waals surface area (Å²) in [6.45, 7) is 0.590. The lowest BCUT2D eigenvalue weighted by Gasteiger charge is -2.52. The number of carbonyl (C=O) groups excluding carboxylic acids is 1. The summed E-state index contributed by atoms with van der Waals surface area (Å²) in [5, 5.41) is 19.2. The number of hydrogen-bond acceptors (Lipinski definition) is 3. The number of aliphatic hydroxyl groups is 1. The van der Waals surface area contributed by atoms with Crippen LogP contribution in [-0.4, -0.2) is 38.7 Å². The topological polar surface area (TPSA) is 69.2 Å². The Morgan fingerprint density at radius 2 is 1.89 bits per heavy atom. The molecule has 1 saturated heterocycles. The van der Waals surface area contributed by atoms with Crippen LogP contribution in [0.5, 0.6) is 0 Å². The number of H-pyrrole nitrogens is 1. The summed E-state index contributed by atoms with van der Waals surface area (Å²) in [5.41, 5.74) is 3.06. The van der Waals surface area contributed by atoms with E-state index in [0.29, 0.717) is 18.7 Å². The summed E-state index contributed by atoms with van der Waals surface area (Å²) in [4.78, 5) is 15.5. The molecule has 2 N–H and O–H groups in total. The van der Waals surface area contributed by atoms with Crippen LogP contribution in [0.1, 0.15) is 72.3 Å². The van der Waals surface area contributed by atoms with Gasteiger partial charge >= 0.3 is 0 Å². The second kappa shape index (κ2) is 7.03. The molecule has 3 atom stereocenters. The van der Waals surface area contributed by atoms with Gasteiger partial charge in [-0.2, -0.15) is 5.10 Å². The first-order valence-electron chi connectivity index (χ1n) is 10.8. The fourth-order valence-corrected chi connectivity index (χ4v) is 5.81. The largest absolute Gasteiger partial charge is 0.385 e. The van der Waals surface area contributed by atoms with Crippen LogP contribution in [0, 0.1) is 5.92 Å². The number of piperidine rings is 1. The molecule has 2 aromatic rings. The van der Waals surface area contributed by atoms with Crippen LogP contribution in [0.4, 0.5) is 0 Å². The molecule has 5 heteroatoms. The van der Waals surface area contributed by atoms with Crippen molar-refractivity contribution in [3.05, 3.63) is 52.8 Å². The number of fused-ring (bicyclic) bond motifs is 2. The molecule has 28 heavy (non-hydrogen) atoms. The average Bonchev–Trinajstić information content (AvgIpc) is 3.19. The Labute approximate surface area is 166 Å². The van der Waals surface area contributed by atoms with Crippen molar-refractivity contribution < 1.29 is 9.90 Å². The van der Waals surface area contributed by atoms with Gasteiger partial charge < -0.3 is 10.0 Å². The third kappa shape index (κ3) is 2.79. The fourth-order valence-electron chi connectivity index (χ4n) is 5.81. The van der Waals surface area contributed by atoms with Gasteiger partial charge in [0.1, 0.15) is 0 Å². The fraction of sp³-hybridized carbons (Fsp3) is 0.565. The highest BCUT2D eigenvalue weighted by Crippen LogP contribution is 2.47. The summed E-state index contributed by atoms with van der Waals surface area (Å²) in [7, 11) is 0. The van der Waals surface area contributed by atoms with E-state index >= 15 is 0 Å². The van der Waals surface area contributed by atoms with Crippen molar-refractivity contribution >= 4 is 5.91 Å². The van der Waals surface area contributed by atoms with Gasteiger partial charge in [-0.3, -0.25) is 9.89 Å². The molecular weight excluding hydrogens is 350 g/mol. The monoisotopic (exact) mass is 379 g/mol. The van der Waals surface area contributed by atoms with Gasteiger partial charge in [0, 0.05) is 29.8 Å². The van der Waals surface area contributed by atoms with Crippen molar-refractivity contribution in [2.24, 2.45) is 5.92 Å². The maximum Gasteiger partial charge on any atom is 0.274 e. The number of rotatable bonds is 2. The number of hydrogen-bond donors (Lipinski definition) is 2. The quantitative estimate of drug-likeness (QED) is 0.838. The highest BCUT2D eigenvalue weighted by Gasteiger charge is 2.50. The third-order valence-corrected chi connectivity index (χ3v) is 7.27. The van der Waals surface area contributed by atoms with Crippen LogP contribution >= 0.6 is 0 Å². The third-order valence-electron chi connectivity index (χ3n) is 7.27. The first kappa shape index (κ1) is 17.9. The van der Waals surface area contributed by atoms with E-state index in [1.165, 1.54) is 6.42 Å². The molecule has 1 aromatic heterocycles. The molecule has 1 aliphatic heterocycles. The second-order valence-electron chi connectivity index (χ2n) is 8.73. The van der Waals surface area contributed by atoms with Crippen LogP contribution in [0.25, 0.3) is 0 Å². The van der Waals surface area contributed by atoms with Gasteiger partial charge in [0.15, 0.2) is 5.69 Å². The van der Waals surface area contributed by atoms with Crippen LogP contribution in [0.15, 0.2) is 30.3 Å². The molecule has 2 heterocycles. The van der Waals surface area contributed by atoms with Crippen molar-refractivity contribution in [2.75, 3.05) is 6.54 Å². The molecule has 3 aliphatic rings. The minimum atomic E-state index is -0.839. The summed E-state index contributed by atoms with van der Waals surface area (Å²) in [6, 6.07) is 10.2. The normalized spacial score (nSPS) is 29.8. The Morgan fingerprint density at radius 1 is 1.11 bits per heavy atom. The number of carbonyl (C=O) groups is 1. The number of aryl methyl sites for hydroxylation is 1. The molecule has 0 radical (unpaired) electrons. The number of likely N-dealkylation sites (tertiary alicyclic amines) is 1. The Morgan fingerprint density at radius 3 is 2.75 bits per heavy atom. The number of aromatic nitrogens is 2. The zero-order valence-corrected chi connectivity index (χ0v) is 16.4. The zero-order chi connectivity index (χ0) is 19.1. The summed E-state index contributed by atoms with van der Waals surface area (Å²) < 4.78 is 0. The zero-order valence-electron chi connectivity index (χ0n) is 16.4. The standard InChI is InChI=1S/C23H29N3O2/c27-22(21-17-10-4-6-12-19(17)24-25-21)26-15-14-23(28,16-8-2-1-3-9-16)18-11-5-7-13-20(18)26/h1-3,8-9,18,20,28H,4-7,10-15H2,(H,24,25). The molecule has 2 aliphatic carbocycles. The van der Waals surface area contributed by atoms with Crippen molar-refractivity contribution in [3.8, 4) is 0 Å². The van der Waals surface area contributed by atoms with Crippen molar-refractivity contribution in [1.29, 1.82) is 0 Å². The Kier molecular flexibility index (Phi) is 4.50. The molecule has 148 valence electrons. The SMILES string of the molecule is O=C(c1n[nH]c2c1CCCC2)N1CCC(O)(c2ccccc2)C2CCCCC21. The molecule has 0 bridgehead atoms. The highest BCUT2D eigenvalue weighted by molar-refractivity contribution is 5.94. The first-order valence-corrected chi connectivity index (χ1v) is 10.8. The van der Waals surface area contributed by atoms with Gasteiger partial charge in [0.2, 0.25) is 0 Å². The lowest BCUT2D eigenvalue weighted by Crippen LogP contribution is -2.59. The molecule has 1 amide bonds. The van der Waals surface area contributed by atoms with E-state index in [1.54, 1.807) is 0 Å². The van der Waals surface area contributed by atoms with Gasteiger partial charge in [-0.1, -0.05) is 43.2 Å². The minimum Gasteiger partial charge on any atom is -0.385 e. The number of amides is 1. The predicted molar refractivity (Wildman–Crippen MR) is 107 cm³/mol. The van der Waals surface area contributed by atoms with E-state index in [-0.39, 0.29) is 17.9 Å². The van der Waals surface area contributed by atoms with E-state index in [9.17, 15) is 9.90 Å². The number of nitrogens with zero attached hydrogens (tertiary/aromatic N) is 2. The van der Waals surface area contributed by atoms with E-state index in [4.69, 9.17) is 0 Å². The smallest absolute Gasteiger partial charge is 0.274 e. The van der Waals surface area contributed by atoms with E-state index in [2.05, 4.69) is 10.2 Å². The summed E-state index contributed by atoms with van der Waals surface area (Å²) >= 11 is 0. The van der Waals surface area contributed by atoms with Gasteiger partial charge in [-0.05, 0) is 50.5 Å². The summed E-state index contributed by atoms with van der Waals surface area (Å²) in [5.74, 6) is 0.155. The maximum atomic E-state index is 13.5. The van der Waals surface area contributed by atoms with Gasteiger partial charge in [0.25, 0.3) is 5.91 Å². The molecule has 1 aromatic carbocycles. The molecule has 3 unspecified atom stereocenters. The number of aromatic amines is 1.